The third kappa shape index (κ3) is 10.3. The summed E-state index contributed by atoms with van der Waals surface area (Å²) in [5.41, 5.74) is 16.2. The summed E-state index contributed by atoms with van der Waals surface area (Å²) in [7, 11) is 0. The summed E-state index contributed by atoms with van der Waals surface area (Å²) in [4.78, 5) is 10.6. The third-order valence-electron chi connectivity index (χ3n) is 13.4. The first-order valence-electron chi connectivity index (χ1n) is 25.2. The van der Waals surface area contributed by atoms with Gasteiger partial charge in [-0.2, -0.15) is 0 Å². The van der Waals surface area contributed by atoms with Crippen molar-refractivity contribution in [3.05, 3.63) is 167 Å². The van der Waals surface area contributed by atoms with E-state index in [1.165, 1.54) is 5.56 Å². The van der Waals surface area contributed by atoms with E-state index in [0.717, 1.165) is 89.2 Å². The minimum absolute atomic E-state index is 0. The summed E-state index contributed by atoms with van der Waals surface area (Å²) in [6.45, 7) is 34.2. The zero-order chi connectivity index (χ0) is 51.1. The average Bonchev–Trinajstić information content (AvgIpc) is 3.66. The van der Waals surface area contributed by atoms with Crippen LogP contribution >= 0.6 is 0 Å². The SMILES string of the molecule is [2H]C(C)(C)c1ccc(-c2ccnc(-c3[c-]c(-c4cccc5c4nc(-c4cc(C(C)(C)C)cc(C(C)(C)C)c4O)n5-c4ccc(-c5ccccc5C(C)(C)C)c(C([2H])(C)C)c4)cc(C(C)(C)C)c3)c2)cc1.[Pt]. The normalized spacial score (nSPS) is 13.3. The number of fused-ring (bicyclic) bond motifs is 1. The zero-order valence-corrected chi connectivity index (χ0v) is 46.0. The predicted octanol–water partition coefficient (Wildman–Crippen LogP) is 17.7. The number of hydrogen-bond acceptors (Lipinski definition) is 3. The Bertz CT molecular complexity index is 3270. The van der Waals surface area contributed by atoms with Crippen molar-refractivity contribution in [3.63, 3.8) is 0 Å². The molecule has 0 aliphatic rings. The van der Waals surface area contributed by atoms with Gasteiger partial charge < -0.3 is 5.11 Å². The Hall–Kier alpha value is -5.57. The van der Waals surface area contributed by atoms with Crippen LogP contribution in [-0.2, 0) is 42.7 Å². The second-order valence-corrected chi connectivity index (χ2v) is 23.3. The van der Waals surface area contributed by atoms with Crippen molar-refractivity contribution >= 4 is 11.0 Å². The molecule has 360 valence electrons. The van der Waals surface area contributed by atoms with Gasteiger partial charge in [0.15, 0.2) is 0 Å². The van der Waals surface area contributed by atoms with E-state index in [1.54, 1.807) is 0 Å². The summed E-state index contributed by atoms with van der Waals surface area (Å²) in [6.07, 6.45) is 1.86. The smallest absolute Gasteiger partial charge is 0.148 e. The topological polar surface area (TPSA) is 50.9 Å². The number of hydrogen-bond donors (Lipinski definition) is 1. The number of para-hydroxylation sites is 1. The quantitative estimate of drug-likeness (QED) is 0.154. The van der Waals surface area contributed by atoms with Crippen LogP contribution in [0.2, 0.25) is 0 Å². The number of rotatable bonds is 8. The van der Waals surface area contributed by atoms with Crippen LogP contribution < -0.4 is 0 Å². The van der Waals surface area contributed by atoms with Crippen LogP contribution in [0.4, 0.5) is 0 Å². The number of aromatic hydroxyl groups is 1. The molecule has 2 aromatic heterocycles. The molecular weight excluding hydrogens is 1020 g/mol. The maximum Gasteiger partial charge on any atom is 0.148 e. The number of pyridine rings is 1. The molecule has 0 saturated heterocycles. The summed E-state index contributed by atoms with van der Waals surface area (Å²) in [6, 6.07) is 46.4. The number of phenolic OH excluding ortho intramolecular Hbond substituents is 1. The molecule has 2 heterocycles. The molecule has 0 aliphatic heterocycles. The van der Waals surface area contributed by atoms with E-state index in [4.69, 9.17) is 11.3 Å². The number of aromatic nitrogens is 3. The van der Waals surface area contributed by atoms with Gasteiger partial charge in [0.05, 0.1) is 16.6 Å². The standard InChI is InChI=1S/C64H72N3O.Pt/c1-39(2)41-24-26-42(27-25-41)43-30-31-65-56(35-43)45-32-44(33-46(34-45)61(5,6)7)49-21-19-23-57-58(49)66-60(53-36-47(62(8,9)10)37-55(59(53)68)64(14,15)16)67(57)48-28-29-50(52(38-48)40(3)4)51-20-17-18-22-54(51)63(11,12)13;/h17-31,33-40,68H,1-16H3;/q-1;/i39D,40D;. The first-order valence-corrected chi connectivity index (χ1v) is 24.2. The van der Waals surface area contributed by atoms with E-state index in [9.17, 15) is 6.48 Å². The molecule has 1 N–H and O–H groups in total. The number of benzene rings is 6. The fraction of sp³-hybridized carbons (Fsp3) is 0.344. The van der Waals surface area contributed by atoms with E-state index in [0.29, 0.717) is 11.4 Å². The van der Waals surface area contributed by atoms with Gasteiger partial charge in [-0.25, -0.2) is 4.98 Å². The summed E-state index contributed by atoms with van der Waals surface area (Å²) < 4.78 is 20.4. The van der Waals surface area contributed by atoms with Crippen LogP contribution in [0, 0.1) is 6.07 Å². The molecule has 8 aromatic rings. The van der Waals surface area contributed by atoms with Gasteiger partial charge in [0.2, 0.25) is 0 Å². The summed E-state index contributed by atoms with van der Waals surface area (Å²) >= 11 is 0. The van der Waals surface area contributed by atoms with Crippen molar-refractivity contribution < 1.29 is 28.9 Å². The minimum Gasteiger partial charge on any atom is -0.507 e. The van der Waals surface area contributed by atoms with Gasteiger partial charge in [-0.05, 0) is 108 Å². The second-order valence-electron chi connectivity index (χ2n) is 23.3. The van der Waals surface area contributed by atoms with Crippen LogP contribution in [0.15, 0.2) is 128 Å². The molecular formula is C64H72N3OPt-. The molecule has 0 spiro atoms. The Morgan fingerprint density at radius 3 is 1.80 bits per heavy atom. The molecule has 6 aromatic carbocycles. The Kier molecular flexibility index (Phi) is 13.3. The molecule has 0 bridgehead atoms. The molecule has 0 radical (unpaired) electrons. The van der Waals surface area contributed by atoms with Crippen LogP contribution in [0.5, 0.6) is 5.75 Å². The Morgan fingerprint density at radius 2 is 1.17 bits per heavy atom. The first-order chi connectivity index (χ1) is 32.4. The van der Waals surface area contributed by atoms with Gasteiger partial charge in [-0.1, -0.05) is 201 Å². The first kappa shape index (κ1) is 48.5. The van der Waals surface area contributed by atoms with Gasteiger partial charge in [-0.3, -0.25) is 9.55 Å². The van der Waals surface area contributed by atoms with Gasteiger partial charge in [0, 0.05) is 46.9 Å². The molecule has 5 heteroatoms. The fourth-order valence-electron chi connectivity index (χ4n) is 9.30. The zero-order valence-electron chi connectivity index (χ0n) is 45.7. The third-order valence-corrected chi connectivity index (χ3v) is 13.4. The fourth-order valence-corrected chi connectivity index (χ4v) is 9.30. The molecule has 4 nitrogen and oxygen atoms in total. The van der Waals surface area contributed by atoms with Crippen molar-refractivity contribution in [2.24, 2.45) is 0 Å². The van der Waals surface area contributed by atoms with Gasteiger partial charge in [0.1, 0.15) is 11.6 Å². The van der Waals surface area contributed by atoms with E-state index >= 15 is 0 Å². The van der Waals surface area contributed by atoms with Crippen molar-refractivity contribution in [1.29, 1.82) is 0 Å². The molecule has 0 amide bonds. The Labute approximate surface area is 430 Å². The van der Waals surface area contributed by atoms with Gasteiger partial charge in [0.25, 0.3) is 0 Å². The van der Waals surface area contributed by atoms with Crippen LogP contribution in [-0.4, -0.2) is 19.6 Å². The van der Waals surface area contributed by atoms with Crippen molar-refractivity contribution in [3.8, 4) is 67.5 Å². The summed E-state index contributed by atoms with van der Waals surface area (Å²) in [5, 5.41) is 12.6. The number of imidazole rings is 1. The average molecular weight is 1100 g/mol. The van der Waals surface area contributed by atoms with Crippen molar-refractivity contribution in [1.82, 2.24) is 14.5 Å². The molecule has 0 atom stereocenters. The molecule has 0 saturated carbocycles. The Morgan fingerprint density at radius 1 is 0.551 bits per heavy atom. The van der Waals surface area contributed by atoms with Crippen LogP contribution in [0.1, 0.15) is 159 Å². The second kappa shape index (κ2) is 19.0. The van der Waals surface area contributed by atoms with Crippen molar-refractivity contribution in [2.75, 3.05) is 0 Å². The molecule has 0 aliphatic carbocycles. The monoisotopic (exact) mass is 1100 g/mol. The minimum atomic E-state index is -0.960. The predicted molar refractivity (Wildman–Crippen MR) is 290 cm³/mol. The summed E-state index contributed by atoms with van der Waals surface area (Å²) in [5.74, 6) is -0.812. The van der Waals surface area contributed by atoms with E-state index in [-0.39, 0.29) is 48.5 Å². The molecule has 8 rings (SSSR count). The number of phenols is 1. The molecule has 69 heavy (non-hydrogen) atoms. The number of nitrogens with zero attached hydrogens (tertiary/aromatic N) is 3. The Balaban J connectivity index is 0.00000741. The van der Waals surface area contributed by atoms with Crippen LogP contribution in [0.3, 0.4) is 0 Å². The molecule has 0 unspecified atom stereocenters. The largest absolute Gasteiger partial charge is 0.507 e. The van der Waals surface area contributed by atoms with E-state index in [2.05, 4.69) is 197 Å². The maximum atomic E-state index is 12.6. The van der Waals surface area contributed by atoms with Gasteiger partial charge >= 0.3 is 0 Å². The van der Waals surface area contributed by atoms with E-state index in [1.807, 2.05) is 52.1 Å². The maximum absolute atomic E-state index is 12.6. The van der Waals surface area contributed by atoms with E-state index < -0.39 is 11.8 Å². The van der Waals surface area contributed by atoms with Gasteiger partial charge in [-0.15, -0.1) is 29.3 Å². The molecule has 0 fully saturated rings. The van der Waals surface area contributed by atoms with Crippen molar-refractivity contribution in [2.45, 2.75) is 144 Å². The van der Waals surface area contributed by atoms with Crippen LogP contribution in [0.25, 0.3) is 72.7 Å².